The van der Waals surface area contributed by atoms with Gasteiger partial charge in [0.25, 0.3) is 15.9 Å². The number of benzene rings is 1. The van der Waals surface area contributed by atoms with Crippen LogP contribution in [0.1, 0.15) is 44.5 Å². The largest absolute Gasteiger partial charge is 0.481 e. The maximum absolute atomic E-state index is 13.0. The first kappa shape index (κ1) is 21.5. The number of sulfonamides is 1. The summed E-state index contributed by atoms with van der Waals surface area (Å²) in [6.07, 6.45) is 2.20. The van der Waals surface area contributed by atoms with Crippen molar-refractivity contribution in [1.82, 2.24) is 4.31 Å². The van der Waals surface area contributed by atoms with E-state index in [1.54, 1.807) is 26.0 Å². The van der Waals surface area contributed by atoms with Gasteiger partial charge in [0, 0.05) is 19.1 Å². The van der Waals surface area contributed by atoms with Crippen LogP contribution < -0.4 is 0 Å². The smallest absolute Gasteiger partial charge is 0.310 e. The van der Waals surface area contributed by atoms with Gasteiger partial charge in [-0.15, -0.1) is 0 Å². The van der Waals surface area contributed by atoms with Crippen LogP contribution in [0.5, 0.6) is 0 Å². The standard InChI is InChI=1S/C21H27NO6S/c1-13(2)14-10-20(3,17(19(24)25)21(4,11-14)28-5)12-22-18(23)15-8-6-7-9-16(15)29(22,26)27/h6-9,11,13,17H,10,12H2,1-5H3,(H,24,25). The zero-order valence-corrected chi connectivity index (χ0v) is 18.1. The molecule has 0 fully saturated rings. The van der Waals surface area contributed by atoms with E-state index in [2.05, 4.69) is 0 Å². The van der Waals surface area contributed by atoms with Gasteiger partial charge < -0.3 is 9.84 Å². The summed E-state index contributed by atoms with van der Waals surface area (Å²) in [5.41, 5.74) is -1.07. The van der Waals surface area contributed by atoms with Gasteiger partial charge in [-0.25, -0.2) is 12.7 Å². The SMILES string of the molecule is COC1(C)C=C(C(C)C)CC(C)(CN2C(=O)c3ccccc3S2(=O)=O)C1C(=O)O. The van der Waals surface area contributed by atoms with Crippen LogP contribution in [-0.4, -0.2) is 49.0 Å². The molecule has 2 aliphatic rings. The Hall–Kier alpha value is -2.19. The zero-order chi connectivity index (χ0) is 21.8. The first-order valence-electron chi connectivity index (χ1n) is 9.53. The number of hydrogen-bond donors (Lipinski definition) is 1. The Labute approximate surface area is 171 Å². The van der Waals surface area contributed by atoms with E-state index in [1.165, 1.54) is 19.2 Å². The van der Waals surface area contributed by atoms with Crippen molar-refractivity contribution in [3.05, 3.63) is 41.5 Å². The van der Waals surface area contributed by atoms with Crippen molar-refractivity contribution in [2.24, 2.45) is 17.3 Å². The number of carbonyl (C=O) groups excluding carboxylic acids is 1. The Bertz CT molecular complexity index is 998. The van der Waals surface area contributed by atoms with Crippen LogP contribution in [0.2, 0.25) is 0 Å². The molecule has 1 aromatic carbocycles. The Morgan fingerprint density at radius 3 is 2.45 bits per heavy atom. The molecule has 1 amide bonds. The number of amides is 1. The van der Waals surface area contributed by atoms with E-state index in [-0.39, 0.29) is 22.9 Å². The van der Waals surface area contributed by atoms with Crippen molar-refractivity contribution in [3.8, 4) is 0 Å². The summed E-state index contributed by atoms with van der Waals surface area (Å²) < 4.78 is 32.5. The molecule has 3 unspecified atom stereocenters. The highest BCUT2D eigenvalue weighted by molar-refractivity contribution is 7.90. The Kier molecular flexibility index (Phi) is 5.16. The highest BCUT2D eigenvalue weighted by atomic mass is 32.2. The first-order chi connectivity index (χ1) is 13.4. The summed E-state index contributed by atoms with van der Waals surface area (Å²) in [6.45, 7) is 7.18. The average Bonchev–Trinajstić information content (AvgIpc) is 2.82. The molecule has 3 atom stereocenters. The van der Waals surface area contributed by atoms with Gasteiger partial charge in [0.2, 0.25) is 0 Å². The van der Waals surface area contributed by atoms with Crippen molar-refractivity contribution in [2.75, 3.05) is 13.7 Å². The number of methoxy groups -OCH3 is 1. The first-order valence-corrected chi connectivity index (χ1v) is 11.0. The minimum Gasteiger partial charge on any atom is -0.481 e. The highest BCUT2D eigenvalue weighted by Crippen LogP contribution is 2.50. The lowest BCUT2D eigenvalue weighted by Gasteiger charge is -2.49. The zero-order valence-electron chi connectivity index (χ0n) is 17.3. The third-order valence-electron chi connectivity index (χ3n) is 6.20. The second-order valence-corrected chi connectivity index (χ2v) is 10.5. The van der Waals surface area contributed by atoms with Crippen molar-refractivity contribution >= 4 is 21.9 Å². The number of rotatable bonds is 5. The predicted molar refractivity (Wildman–Crippen MR) is 107 cm³/mol. The molecular weight excluding hydrogens is 394 g/mol. The average molecular weight is 422 g/mol. The van der Waals surface area contributed by atoms with E-state index in [0.29, 0.717) is 6.42 Å². The predicted octanol–water partition coefficient (Wildman–Crippen LogP) is 2.93. The van der Waals surface area contributed by atoms with Gasteiger partial charge in [-0.1, -0.05) is 44.6 Å². The molecule has 0 bridgehead atoms. The van der Waals surface area contributed by atoms with Gasteiger partial charge >= 0.3 is 5.97 Å². The molecule has 0 saturated heterocycles. The van der Waals surface area contributed by atoms with E-state index in [9.17, 15) is 23.1 Å². The van der Waals surface area contributed by atoms with Crippen molar-refractivity contribution in [1.29, 1.82) is 0 Å². The summed E-state index contributed by atoms with van der Waals surface area (Å²) >= 11 is 0. The molecule has 0 radical (unpaired) electrons. The Morgan fingerprint density at radius 1 is 1.31 bits per heavy atom. The molecular formula is C21H27NO6S. The summed E-state index contributed by atoms with van der Waals surface area (Å²) in [5.74, 6) is -2.61. The second kappa shape index (κ2) is 6.95. The molecule has 29 heavy (non-hydrogen) atoms. The molecule has 0 spiro atoms. The third-order valence-corrected chi connectivity index (χ3v) is 7.98. The van der Waals surface area contributed by atoms with Crippen molar-refractivity contribution in [3.63, 3.8) is 0 Å². The van der Waals surface area contributed by atoms with Crippen molar-refractivity contribution in [2.45, 2.75) is 44.6 Å². The Balaban J connectivity index is 2.10. The molecule has 1 aliphatic heterocycles. The van der Waals surface area contributed by atoms with Crippen LogP contribution in [0, 0.1) is 17.3 Å². The van der Waals surface area contributed by atoms with Crippen LogP contribution in [0.15, 0.2) is 40.8 Å². The van der Waals surface area contributed by atoms with Gasteiger partial charge in [0.1, 0.15) is 4.90 Å². The van der Waals surface area contributed by atoms with Gasteiger partial charge in [-0.3, -0.25) is 9.59 Å². The summed E-state index contributed by atoms with van der Waals surface area (Å²) in [4.78, 5) is 25.2. The van der Waals surface area contributed by atoms with E-state index >= 15 is 0 Å². The number of nitrogens with zero attached hydrogens (tertiary/aromatic N) is 1. The molecule has 1 N–H and O–H groups in total. The fourth-order valence-corrected chi connectivity index (χ4v) is 6.42. The highest BCUT2D eigenvalue weighted by Gasteiger charge is 2.56. The molecule has 0 saturated carbocycles. The van der Waals surface area contributed by atoms with Crippen LogP contribution >= 0.6 is 0 Å². The fourth-order valence-electron chi connectivity index (χ4n) is 4.72. The molecule has 158 valence electrons. The van der Waals surface area contributed by atoms with Gasteiger partial charge in [-0.2, -0.15) is 0 Å². The maximum Gasteiger partial charge on any atom is 0.310 e. The lowest BCUT2D eigenvalue weighted by Crippen LogP contribution is -2.56. The molecule has 1 heterocycles. The molecule has 1 aromatic rings. The van der Waals surface area contributed by atoms with Gasteiger partial charge in [0.15, 0.2) is 0 Å². The number of carbonyl (C=O) groups is 2. The monoisotopic (exact) mass is 421 g/mol. The van der Waals surface area contributed by atoms with Crippen LogP contribution in [0.3, 0.4) is 0 Å². The van der Waals surface area contributed by atoms with Crippen molar-refractivity contribution < 1.29 is 27.9 Å². The molecule has 8 heteroatoms. The summed E-state index contributed by atoms with van der Waals surface area (Å²) in [5, 5.41) is 10.0. The quantitative estimate of drug-likeness (QED) is 0.734. The van der Waals surface area contributed by atoms with E-state index in [1.807, 2.05) is 19.9 Å². The van der Waals surface area contributed by atoms with E-state index < -0.39 is 38.8 Å². The number of aliphatic carboxylic acids is 1. The second-order valence-electron chi connectivity index (χ2n) is 8.68. The topological polar surface area (TPSA) is 101 Å². The lowest BCUT2D eigenvalue weighted by atomic mass is 9.60. The van der Waals surface area contributed by atoms with E-state index in [0.717, 1.165) is 9.88 Å². The van der Waals surface area contributed by atoms with Crippen LogP contribution in [-0.2, 0) is 19.6 Å². The summed E-state index contributed by atoms with van der Waals surface area (Å²) in [7, 11) is -2.59. The minimum atomic E-state index is -4.03. The number of carboxylic acids is 1. The molecule has 7 nitrogen and oxygen atoms in total. The molecule has 1 aliphatic carbocycles. The van der Waals surface area contributed by atoms with E-state index in [4.69, 9.17) is 4.74 Å². The fraction of sp³-hybridized carbons (Fsp3) is 0.524. The number of hydrogen-bond acceptors (Lipinski definition) is 5. The lowest BCUT2D eigenvalue weighted by molar-refractivity contribution is -0.161. The summed E-state index contributed by atoms with van der Waals surface area (Å²) in [6, 6.07) is 6.06. The number of ether oxygens (including phenoxy) is 1. The number of allylic oxidation sites excluding steroid dienone is 1. The Morgan fingerprint density at radius 2 is 1.93 bits per heavy atom. The maximum atomic E-state index is 13.0. The van der Waals surface area contributed by atoms with Crippen LogP contribution in [0.25, 0.3) is 0 Å². The van der Waals surface area contributed by atoms with Gasteiger partial charge in [-0.05, 0) is 31.4 Å². The number of carboxylic acid groups (broad SMARTS) is 1. The minimum absolute atomic E-state index is 0.0367. The van der Waals surface area contributed by atoms with Crippen LogP contribution in [0.4, 0.5) is 0 Å². The number of fused-ring (bicyclic) bond motifs is 1. The third kappa shape index (κ3) is 3.28. The van der Waals surface area contributed by atoms with Gasteiger partial charge in [0.05, 0.1) is 17.1 Å². The molecule has 3 rings (SSSR count). The normalized spacial score (nSPS) is 31.0. The molecule has 0 aromatic heterocycles.